The van der Waals surface area contributed by atoms with E-state index in [0.717, 1.165) is 50.1 Å². The Kier molecular flexibility index (Phi) is 9.99. The second-order valence-corrected chi connectivity index (χ2v) is 18.4. The van der Waals surface area contributed by atoms with E-state index in [1.54, 1.807) is 24.9 Å². The van der Waals surface area contributed by atoms with Gasteiger partial charge in [0.2, 0.25) is 6.79 Å². The second kappa shape index (κ2) is 15.5. The Bertz CT molecular complexity index is 2600. The Hall–Kier alpha value is -5.19. The van der Waals surface area contributed by atoms with Crippen LogP contribution in [-0.2, 0) is 29.7 Å². The number of para-hydroxylation sites is 1. The number of nitrogens with zero attached hydrogens (tertiary/aromatic N) is 2. The zero-order valence-electron chi connectivity index (χ0n) is 35.6. The van der Waals surface area contributed by atoms with Crippen LogP contribution < -0.4 is 33.7 Å². The van der Waals surface area contributed by atoms with Crippen LogP contribution in [0.2, 0.25) is 0 Å². The van der Waals surface area contributed by atoms with Crippen LogP contribution in [0, 0.1) is 13.8 Å². The van der Waals surface area contributed by atoms with Crippen LogP contribution in [0.4, 0.5) is 0 Å². The van der Waals surface area contributed by atoms with Crippen LogP contribution in [0.3, 0.4) is 0 Å². The van der Waals surface area contributed by atoms with E-state index in [0.29, 0.717) is 65.6 Å². The molecule has 5 aromatic rings. The molecule has 8 atom stereocenters. The van der Waals surface area contributed by atoms with Crippen LogP contribution in [0.15, 0.2) is 78.9 Å². The molecule has 8 heterocycles. The number of aryl methyl sites for hydroxylation is 1. The van der Waals surface area contributed by atoms with Crippen LogP contribution in [0.25, 0.3) is 5.32 Å². The molecule has 328 valence electrons. The van der Waals surface area contributed by atoms with Gasteiger partial charge in [0.15, 0.2) is 40.8 Å². The summed E-state index contributed by atoms with van der Waals surface area (Å²) in [6, 6.07) is 23.7. The fourth-order valence-electron chi connectivity index (χ4n) is 11.0. The van der Waals surface area contributed by atoms with Crippen molar-refractivity contribution in [2.45, 2.75) is 74.2 Å². The minimum atomic E-state index is -1.49. The number of phenols is 1. The first kappa shape index (κ1) is 40.6. The number of hydrogen-bond donors (Lipinski definition) is 4. The fraction of sp³-hybridized carbons (Fsp3) is 0.388. The molecule has 0 aromatic heterocycles. The first-order valence-electron chi connectivity index (χ1n) is 21.4. The summed E-state index contributed by atoms with van der Waals surface area (Å²) in [6.07, 6.45) is -0.471. The highest BCUT2D eigenvalue weighted by Crippen LogP contribution is 2.66. The predicted molar refractivity (Wildman–Crippen MR) is 236 cm³/mol. The van der Waals surface area contributed by atoms with E-state index >= 15 is 0 Å². The highest BCUT2D eigenvalue weighted by molar-refractivity contribution is 7.99. The number of piperazine rings is 1. The standard InChI is InChI=1S/C49H50N3O10S/c1-26-17-30-20-48(55)23-50-39(36(30)45(41(26)57-4)62-31-13-9-6-10-14-31)40-46-38-37(44-43(60-25-61-44)27(2)42(38)58-21-28-11-7-5-8-12-28)33(52(40)48)22-59-47(54)49(24-63-46)32-19-35(56-3)34(53)18-29(32)15-16-51-49/h5-14,17-19,33,39-40,46-47,51,53-55H,15-16,20-25H2,1-4H3/q-1/t33-,39+,40?,46+,47?,48-,49+/m0/s1. The summed E-state index contributed by atoms with van der Waals surface area (Å²) in [4.78, 5) is 2.19. The maximum absolute atomic E-state index is 13.4. The number of rotatable bonds is 7. The van der Waals surface area contributed by atoms with E-state index in [-0.39, 0.29) is 32.1 Å². The molecule has 2 saturated heterocycles. The van der Waals surface area contributed by atoms with E-state index in [9.17, 15) is 15.3 Å². The average molecular weight is 873 g/mol. The molecular weight excluding hydrogens is 823 g/mol. The Morgan fingerprint density at radius 3 is 2.46 bits per heavy atom. The number of aliphatic hydroxyl groups excluding tert-OH is 1. The molecule has 13 rings (SSSR count). The van der Waals surface area contributed by atoms with Crippen molar-refractivity contribution in [3.8, 4) is 46.0 Å². The van der Waals surface area contributed by atoms with Gasteiger partial charge >= 0.3 is 0 Å². The Labute approximate surface area is 370 Å². The number of phenolic OH excluding ortho intramolecular Hbond substituents is 1. The van der Waals surface area contributed by atoms with E-state index in [1.807, 2.05) is 80.6 Å². The lowest BCUT2D eigenvalue weighted by Gasteiger charge is -2.63. The van der Waals surface area contributed by atoms with Crippen molar-refractivity contribution in [2.24, 2.45) is 0 Å². The number of aromatic hydroxyl groups is 1. The smallest absolute Gasteiger partial charge is 0.231 e. The first-order valence-corrected chi connectivity index (χ1v) is 22.5. The van der Waals surface area contributed by atoms with Gasteiger partial charge in [0.25, 0.3) is 0 Å². The van der Waals surface area contributed by atoms with Gasteiger partial charge in [-0.25, -0.2) is 0 Å². The van der Waals surface area contributed by atoms with Crippen molar-refractivity contribution in [2.75, 3.05) is 46.5 Å². The minimum Gasteiger partial charge on any atom is -0.651 e. The number of benzene rings is 5. The van der Waals surface area contributed by atoms with Crippen LogP contribution in [-0.4, -0.2) is 84.7 Å². The molecule has 4 N–H and O–H groups in total. The Morgan fingerprint density at radius 1 is 0.905 bits per heavy atom. The maximum atomic E-state index is 13.4. The van der Waals surface area contributed by atoms with Crippen LogP contribution >= 0.6 is 11.8 Å². The number of thioether (sulfide) groups is 1. The van der Waals surface area contributed by atoms with Gasteiger partial charge in [-0.15, -0.1) is 18.3 Å². The first-order chi connectivity index (χ1) is 30.6. The van der Waals surface area contributed by atoms with Gasteiger partial charge in [-0.1, -0.05) is 60.6 Å². The number of hydrogen-bond acceptors (Lipinski definition) is 13. The van der Waals surface area contributed by atoms with Crippen LogP contribution in [0.5, 0.6) is 46.0 Å². The van der Waals surface area contributed by atoms with Crippen molar-refractivity contribution in [3.63, 3.8) is 0 Å². The summed E-state index contributed by atoms with van der Waals surface area (Å²) in [5.74, 6) is 4.32. The molecule has 5 aromatic carbocycles. The van der Waals surface area contributed by atoms with Crippen molar-refractivity contribution in [3.05, 3.63) is 134 Å². The summed E-state index contributed by atoms with van der Waals surface area (Å²) < 4.78 is 45.1. The molecule has 8 aliphatic heterocycles. The van der Waals surface area contributed by atoms with E-state index < -0.39 is 40.9 Å². The SMILES string of the molecule is COc1cc2c(cc1O)CCN[C@]21CS[C@@H]2c3c(OCc4ccccc4)c(C)c4c(c3[C@H](COC1O)N1C2[C@@H]2[N-]C[C@@]1(O)Cc1cc(C)c(OC)c(Oc3ccccc3)c12)OCO4. The number of nitrogens with one attached hydrogen (secondary N) is 1. The van der Waals surface area contributed by atoms with E-state index in [1.165, 1.54) is 7.11 Å². The van der Waals surface area contributed by atoms with E-state index in [2.05, 4.69) is 16.3 Å². The molecule has 0 radical (unpaired) electrons. The number of ether oxygens (including phenoxy) is 7. The number of methoxy groups -OCH3 is 2. The topological polar surface area (TPSA) is 155 Å². The second-order valence-electron chi connectivity index (χ2n) is 17.3. The van der Waals surface area contributed by atoms with Gasteiger partial charge in [0.1, 0.15) is 29.4 Å². The monoisotopic (exact) mass is 872 g/mol. The van der Waals surface area contributed by atoms with E-state index in [4.69, 9.17) is 38.5 Å². The third-order valence-corrected chi connectivity index (χ3v) is 15.3. The lowest BCUT2D eigenvalue weighted by atomic mass is 9.78. The van der Waals surface area contributed by atoms with Crippen molar-refractivity contribution < 1.29 is 48.5 Å². The fourth-order valence-corrected chi connectivity index (χ4v) is 12.8. The normalized spacial score (nSPS) is 28.6. The largest absolute Gasteiger partial charge is 0.651 e. The van der Waals surface area contributed by atoms with Gasteiger partial charge in [-0.05, 0) is 77.9 Å². The molecule has 0 saturated carbocycles. The summed E-state index contributed by atoms with van der Waals surface area (Å²) in [6.45, 7) is 4.94. The molecule has 3 unspecified atom stereocenters. The van der Waals surface area contributed by atoms with Gasteiger partial charge in [-0.2, -0.15) is 0 Å². The number of aliphatic hydroxyl groups is 2. The summed E-state index contributed by atoms with van der Waals surface area (Å²) >= 11 is 1.64. The highest BCUT2D eigenvalue weighted by Gasteiger charge is 2.59. The highest BCUT2D eigenvalue weighted by atomic mass is 32.2. The summed E-state index contributed by atoms with van der Waals surface area (Å²) in [7, 11) is 3.18. The molecule has 14 heteroatoms. The van der Waals surface area contributed by atoms with Crippen molar-refractivity contribution in [1.29, 1.82) is 0 Å². The van der Waals surface area contributed by atoms with Gasteiger partial charge in [-0.3, -0.25) is 4.90 Å². The molecule has 63 heavy (non-hydrogen) atoms. The molecule has 0 amide bonds. The summed E-state index contributed by atoms with van der Waals surface area (Å²) in [5, 5.41) is 45.5. The quantitative estimate of drug-likeness (QED) is 0.129. The molecule has 4 bridgehead atoms. The Morgan fingerprint density at radius 2 is 1.68 bits per heavy atom. The summed E-state index contributed by atoms with van der Waals surface area (Å²) in [5.41, 5.74) is 5.23. The average Bonchev–Trinajstić information content (AvgIpc) is 3.70. The zero-order valence-corrected chi connectivity index (χ0v) is 36.4. The van der Waals surface area contributed by atoms with Gasteiger partial charge in [0, 0.05) is 46.7 Å². The molecule has 13 nitrogen and oxygen atoms in total. The minimum absolute atomic E-state index is 0.0214. The molecule has 8 aliphatic rings. The van der Waals surface area contributed by atoms with Crippen molar-refractivity contribution >= 4 is 11.8 Å². The molecular formula is C49H50N3O10S-. The van der Waals surface area contributed by atoms with Gasteiger partial charge < -0.3 is 59.1 Å². The Balaban J connectivity index is 1.16. The third kappa shape index (κ3) is 6.28. The molecule has 1 spiro atoms. The maximum Gasteiger partial charge on any atom is 0.231 e. The zero-order chi connectivity index (χ0) is 43.2. The van der Waals surface area contributed by atoms with Crippen molar-refractivity contribution in [1.82, 2.24) is 10.2 Å². The lowest BCUT2D eigenvalue weighted by molar-refractivity contribution is -0.202. The van der Waals surface area contributed by atoms with Crippen LogP contribution in [0.1, 0.15) is 67.4 Å². The lowest BCUT2D eigenvalue weighted by Crippen LogP contribution is -2.66. The predicted octanol–water partition coefficient (Wildman–Crippen LogP) is 7.39. The van der Waals surface area contributed by atoms with Gasteiger partial charge in [0.05, 0.1) is 26.9 Å². The third-order valence-electron chi connectivity index (χ3n) is 13.8. The molecule has 2 fully saturated rings. The number of fused-ring (bicyclic) bond motifs is 6. The molecule has 0 aliphatic carbocycles.